The Kier molecular flexibility index (Phi) is 5.72. The summed E-state index contributed by atoms with van der Waals surface area (Å²) < 4.78 is 7.17. The summed E-state index contributed by atoms with van der Waals surface area (Å²) in [7, 11) is 3.40. The predicted octanol–water partition coefficient (Wildman–Crippen LogP) is 2.65. The number of nitrogen functional groups attached to an aromatic ring is 1. The number of nitriles is 1. The van der Waals surface area contributed by atoms with Gasteiger partial charge in [0.25, 0.3) is 5.89 Å². The summed E-state index contributed by atoms with van der Waals surface area (Å²) in [6.45, 7) is 2.25. The molecule has 1 aromatic carbocycles. The van der Waals surface area contributed by atoms with Crippen LogP contribution >= 0.6 is 0 Å². The molecule has 11 heteroatoms. The fraction of sp³-hybridized carbons (Fsp3) is 0.320. The zero-order valence-corrected chi connectivity index (χ0v) is 20.2. The van der Waals surface area contributed by atoms with E-state index in [0.717, 1.165) is 24.0 Å². The smallest absolute Gasteiger partial charge is 0.261 e. The van der Waals surface area contributed by atoms with Gasteiger partial charge in [-0.25, -0.2) is 9.97 Å². The summed E-state index contributed by atoms with van der Waals surface area (Å²) in [5, 5.41) is 18.0. The van der Waals surface area contributed by atoms with Gasteiger partial charge >= 0.3 is 0 Å². The highest BCUT2D eigenvalue weighted by molar-refractivity contribution is 5.75. The topological polar surface area (TPSA) is 153 Å². The van der Waals surface area contributed by atoms with Crippen LogP contribution in [0.25, 0.3) is 22.7 Å². The van der Waals surface area contributed by atoms with E-state index in [4.69, 9.17) is 15.2 Å². The first kappa shape index (κ1) is 23.2. The average Bonchev–Trinajstić information content (AvgIpc) is 3.43. The second-order valence-electron chi connectivity index (χ2n) is 9.30. The van der Waals surface area contributed by atoms with E-state index in [0.29, 0.717) is 28.9 Å². The van der Waals surface area contributed by atoms with Crippen LogP contribution in [0, 0.1) is 17.2 Å². The van der Waals surface area contributed by atoms with Crippen LogP contribution in [0.3, 0.4) is 0 Å². The lowest BCUT2D eigenvalue weighted by Gasteiger charge is -2.27. The Labute approximate surface area is 207 Å². The first-order chi connectivity index (χ1) is 17.3. The molecule has 4 aromatic rings. The molecule has 0 saturated heterocycles. The molecule has 1 aliphatic rings. The van der Waals surface area contributed by atoms with Crippen LogP contribution in [-0.4, -0.2) is 54.8 Å². The van der Waals surface area contributed by atoms with Crippen LogP contribution < -0.4 is 5.73 Å². The van der Waals surface area contributed by atoms with Crippen LogP contribution in [0.15, 0.2) is 47.4 Å². The molecule has 0 spiro atoms. The lowest BCUT2D eigenvalue weighted by atomic mass is 9.77. The second kappa shape index (κ2) is 8.88. The Morgan fingerprint density at radius 3 is 2.64 bits per heavy atom. The molecule has 1 fully saturated rings. The molecule has 11 nitrogen and oxygen atoms in total. The van der Waals surface area contributed by atoms with E-state index in [1.165, 1.54) is 11.1 Å². The number of rotatable bonds is 7. The molecule has 1 saturated carbocycles. The van der Waals surface area contributed by atoms with Crippen molar-refractivity contribution in [3.05, 3.63) is 59.9 Å². The highest BCUT2D eigenvalue weighted by Gasteiger charge is 2.47. The van der Waals surface area contributed by atoms with Gasteiger partial charge in [0.05, 0.1) is 23.4 Å². The van der Waals surface area contributed by atoms with Gasteiger partial charge in [0, 0.05) is 25.9 Å². The molecule has 36 heavy (non-hydrogen) atoms. The summed E-state index contributed by atoms with van der Waals surface area (Å²) in [5.74, 6) is 1.46. The summed E-state index contributed by atoms with van der Waals surface area (Å²) in [5.41, 5.74) is 8.35. The van der Waals surface area contributed by atoms with E-state index in [9.17, 15) is 10.1 Å². The minimum absolute atomic E-state index is 0.0625. The van der Waals surface area contributed by atoms with Gasteiger partial charge in [-0.3, -0.25) is 9.48 Å². The molecule has 3 aromatic heterocycles. The van der Waals surface area contributed by atoms with Crippen molar-refractivity contribution in [1.82, 2.24) is 34.8 Å². The normalized spacial score (nSPS) is 14.7. The number of nitrogens with zero attached hydrogens (tertiary/aromatic N) is 8. The quantitative estimate of drug-likeness (QED) is 0.418. The lowest BCUT2D eigenvalue weighted by Crippen LogP contribution is -2.28. The zero-order valence-electron chi connectivity index (χ0n) is 20.2. The van der Waals surface area contributed by atoms with Crippen molar-refractivity contribution in [3.63, 3.8) is 0 Å². The molecule has 0 aliphatic heterocycles. The summed E-state index contributed by atoms with van der Waals surface area (Å²) in [6.07, 6.45) is 6.91. The number of amides is 1. The van der Waals surface area contributed by atoms with E-state index >= 15 is 0 Å². The standard InChI is InChI=1S/C25H25N9O2/c1-25(18-8-9-18,17-6-4-15(5-7-17)22-19(10-26)30-20(27)12-28-22)24-31-23(36-32-24)16-11-29-34(13-16)14-21(35)33(2)3/h4-7,11-13,18H,8-9,14H2,1-3H3,(H2,27,30). The van der Waals surface area contributed by atoms with E-state index in [2.05, 4.69) is 33.2 Å². The molecule has 0 bridgehead atoms. The molecule has 5 rings (SSSR count). The summed E-state index contributed by atoms with van der Waals surface area (Å²) >= 11 is 0. The highest BCUT2D eigenvalue weighted by Crippen LogP contribution is 2.50. The molecule has 1 aliphatic carbocycles. The Bertz CT molecular complexity index is 1460. The monoisotopic (exact) mass is 483 g/mol. The number of carbonyl (C=O) groups is 1. The van der Waals surface area contributed by atoms with Crippen LogP contribution in [0.4, 0.5) is 5.82 Å². The first-order valence-corrected chi connectivity index (χ1v) is 11.5. The van der Waals surface area contributed by atoms with Gasteiger partial charge in [-0.2, -0.15) is 15.3 Å². The van der Waals surface area contributed by atoms with Crippen LogP contribution in [0.1, 0.15) is 36.8 Å². The van der Waals surface area contributed by atoms with E-state index in [-0.39, 0.29) is 24.0 Å². The molecule has 1 amide bonds. The fourth-order valence-electron chi connectivity index (χ4n) is 4.27. The second-order valence-corrected chi connectivity index (χ2v) is 9.30. The molecular weight excluding hydrogens is 458 g/mol. The van der Waals surface area contributed by atoms with Crippen molar-refractivity contribution < 1.29 is 9.32 Å². The van der Waals surface area contributed by atoms with Crippen molar-refractivity contribution in [2.75, 3.05) is 19.8 Å². The van der Waals surface area contributed by atoms with Crippen molar-refractivity contribution in [1.29, 1.82) is 5.26 Å². The third-order valence-electron chi connectivity index (χ3n) is 6.62. The minimum Gasteiger partial charge on any atom is -0.382 e. The van der Waals surface area contributed by atoms with Crippen LogP contribution in [0.5, 0.6) is 0 Å². The number of benzene rings is 1. The number of anilines is 1. The molecule has 182 valence electrons. The van der Waals surface area contributed by atoms with Gasteiger partial charge < -0.3 is 15.2 Å². The predicted molar refractivity (Wildman–Crippen MR) is 130 cm³/mol. The van der Waals surface area contributed by atoms with E-state index < -0.39 is 5.41 Å². The lowest BCUT2D eigenvalue weighted by molar-refractivity contribution is -0.129. The van der Waals surface area contributed by atoms with E-state index in [1.807, 2.05) is 24.3 Å². The van der Waals surface area contributed by atoms with Crippen LogP contribution in [0.2, 0.25) is 0 Å². The van der Waals surface area contributed by atoms with E-state index in [1.54, 1.807) is 31.2 Å². The number of hydrogen-bond acceptors (Lipinski definition) is 9. The number of hydrogen-bond donors (Lipinski definition) is 1. The first-order valence-electron chi connectivity index (χ1n) is 11.5. The number of aromatic nitrogens is 6. The maximum Gasteiger partial charge on any atom is 0.261 e. The average molecular weight is 484 g/mol. The van der Waals surface area contributed by atoms with Gasteiger partial charge in [0.1, 0.15) is 24.1 Å². The van der Waals surface area contributed by atoms with Crippen molar-refractivity contribution >= 4 is 11.7 Å². The maximum absolute atomic E-state index is 12.0. The maximum atomic E-state index is 12.0. The minimum atomic E-state index is -0.456. The Morgan fingerprint density at radius 1 is 1.22 bits per heavy atom. The van der Waals surface area contributed by atoms with Gasteiger partial charge in [0.2, 0.25) is 5.91 Å². The third-order valence-corrected chi connectivity index (χ3v) is 6.62. The number of likely N-dealkylation sites (N-methyl/N-ethyl adjacent to an activating group) is 1. The van der Waals surface area contributed by atoms with Gasteiger partial charge in [0.15, 0.2) is 11.5 Å². The molecule has 1 atom stereocenters. The van der Waals surface area contributed by atoms with Gasteiger partial charge in [-0.05, 0) is 31.2 Å². The summed E-state index contributed by atoms with van der Waals surface area (Å²) in [6, 6.07) is 9.91. The zero-order chi connectivity index (χ0) is 25.4. The van der Waals surface area contributed by atoms with Crippen LogP contribution in [-0.2, 0) is 16.8 Å². The number of nitrogens with two attached hydrogens (primary N) is 1. The fourth-order valence-corrected chi connectivity index (χ4v) is 4.27. The molecule has 0 radical (unpaired) electrons. The molecule has 3 heterocycles. The Hall–Kier alpha value is -4.59. The van der Waals surface area contributed by atoms with Crippen molar-refractivity contribution in [3.8, 4) is 28.8 Å². The Morgan fingerprint density at radius 2 is 1.97 bits per heavy atom. The molecule has 2 N–H and O–H groups in total. The van der Waals surface area contributed by atoms with Crippen molar-refractivity contribution in [2.24, 2.45) is 5.92 Å². The SMILES string of the molecule is CN(C)C(=O)Cn1cc(-c2nc(C(C)(c3ccc(-c4ncc(N)nc4C#N)cc3)C3CC3)no2)cn1. The number of carbonyl (C=O) groups excluding carboxylic acids is 1. The van der Waals surface area contributed by atoms with Crippen molar-refractivity contribution in [2.45, 2.75) is 31.7 Å². The highest BCUT2D eigenvalue weighted by atomic mass is 16.5. The Balaban J connectivity index is 1.43. The largest absolute Gasteiger partial charge is 0.382 e. The van der Waals surface area contributed by atoms with Gasteiger partial charge in [-0.15, -0.1) is 0 Å². The van der Waals surface area contributed by atoms with Gasteiger partial charge in [-0.1, -0.05) is 29.4 Å². The third kappa shape index (κ3) is 4.17. The molecular formula is C25H25N9O2. The summed E-state index contributed by atoms with van der Waals surface area (Å²) in [4.78, 5) is 26.6. The molecule has 1 unspecified atom stereocenters.